The molecule has 2 aliphatic heterocycles. The molecule has 1 saturated carbocycles. The molecule has 2 saturated heterocycles. The lowest BCUT2D eigenvalue weighted by Gasteiger charge is -2.41. The van der Waals surface area contributed by atoms with Crippen molar-refractivity contribution in [3.05, 3.63) is 47.0 Å². The molecule has 5 rings (SSSR count). The van der Waals surface area contributed by atoms with Gasteiger partial charge in [0.05, 0.1) is 11.0 Å². The second-order valence-corrected chi connectivity index (χ2v) is 9.27. The summed E-state index contributed by atoms with van der Waals surface area (Å²) in [4.78, 5) is 21.7. The van der Waals surface area contributed by atoms with Gasteiger partial charge in [-0.15, -0.1) is 0 Å². The van der Waals surface area contributed by atoms with Crippen LogP contribution in [-0.4, -0.2) is 57.1 Å². The Bertz CT molecular complexity index is 968. The SMILES string of the molecule is Cc1nc([C@@]23CCN(Cc4ccc(C(F)(F)F)cc4)C[C@@H]2CN(C(=O)C2CC2)C3)n[nH]1. The van der Waals surface area contributed by atoms with Gasteiger partial charge in [0.2, 0.25) is 5.91 Å². The van der Waals surface area contributed by atoms with Crippen molar-refractivity contribution in [1.29, 1.82) is 0 Å². The van der Waals surface area contributed by atoms with Crippen LogP contribution >= 0.6 is 0 Å². The van der Waals surface area contributed by atoms with Gasteiger partial charge in [-0.2, -0.15) is 18.3 Å². The number of aromatic amines is 1. The number of rotatable bonds is 4. The average Bonchev–Trinajstić information content (AvgIpc) is 3.37. The van der Waals surface area contributed by atoms with Gasteiger partial charge in [-0.3, -0.25) is 14.8 Å². The van der Waals surface area contributed by atoms with E-state index in [4.69, 9.17) is 0 Å². The fourth-order valence-corrected chi connectivity index (χ4v) is 5.14. The molecule has 1 aliphatic carbocycles. The normalized spacial score (nSPS) is 26.8. The first kappa shape index (κ1) is 20.5. The highest BCUT2D eigenvalue weighted by atomic mass is 19.4. The van der Waals surface area contributed by atoms with E-state index in [0.29, 0.717) is 19.6 Å². The number of likely N-dealkylation sites (tertiary alicyclic amines) is 2. The Morgan fingerprint density at radius 2 is 1.97 bits per heavy atom. The van der Waals surface area contributed by atoms with Crippen LogP contribution in [0.15, 0.2) is 24.3 Å². The van der Waals surface area contributed by atoms with Crippen molar-refractivity contribution in [2.24, 2.45) is 11.8 Å². The van der Waals surface area contributed by atoms with Gasteiger partial charge < -0.3 is 4.90 Å². The van der Waals surface area contributed by atoms with Crippen LogP contribution in [0.3, 0.4) is 0 Å². The minimum Gasteiger partial charge on any atom is -0.341 e. The lowest BCUT2D eigenvalue weighted by molar-refractivity contribution is -0.137. The minimum absolute atomic E-state index is 0.175. The second-order valence-electron chi connectivity index (χ2n) is 9.27. The molecule has 3 aliphatic rings. The van der Waals surface area contributed by atoms with Crippen molar-refractivity contribution in [2.45, 2.75) is 44.3 Å². The number of nitrogens with one attached hydrogen (secondary N) is 1. The van der Waals surface area contributed by atoms with Crippen molar-refractivity contribution in [2.75, 3.05) is 26.2 Å². The number of nitrogens with zero attached hydrogens (tertiary/aromatic N) is 4. The van der Waals surface area contributed by atoms with Crippen molar-refractivity contribution in [3.8, 4) is 0 Å². The van der Waals surface area contributed by atoms with Crippen LogP contribution in [0.5, 0.6) is 0 Å². The first-order valence-electron chi connectivity index (χ1n) is 10.8. The molecule has 166 valence electrons. The summed E-state index contributed by atoms with van der Waals surface area (Å²) in [6, 6.07) is 5.40. The van der Waals surface area contributed by atoms with E-state index in [1.165, 1.54) is 0 Å². The highest BCUT2D eigenvalue weighted by Crippen LogP contribution is 2.46. The molecule has 3 heterocycles. The van der Waals surface area contributed by atoms with Crippen LogP contribution in [0.4, 0.5) is 13.2 Å². The number of fused-ring (bicyclic) bond motifs is 1. The summed E-state index contributed by atoms with van der Waals surface area (Å²) in [5.74, 6) is 2.18. The van der Waals surface area contributed by atoms with Gasteiger partial charge in [-0.05, 0) is 50.4 Å². The fraction of sp³-hybridized carbons (Fsp3) is 0.591. The Hall–Kier alpha value is -2.42. The molecule has 1 amide bonds. The number of hydrogen-bond acceptors (Lipinski definition) is 4. The first-order valence-corrected chi connectivity index (χ1v) is 10.8. The number of piperidine rings is 1. The number of hydrogen-bond donors (Lipinski definition) is 1. The Morgan fingerprint density at radius 3 is 2.58 bits per heavy atom. The first-order chi connectivity index (χ1) is 14.7. The lowest BCUT2D eigenvalue weighted by Crippen LogP contribution is -2.49. The van der Waals surface area contributed by atoms with Crippen molar-refractivity contribution >= 4 is 5.91 Å². The topological polar surface area (TPSA) is 65.1 Å². The zero-order chi connectivity index (χ0) is 21.8. The lowest BCUT2D eigenvalue weighted by atomic mass is 9.72. The van der Waals surface area contributed by atoms with Gasteiger partial charge in [-0.1, -0.05) is 12.1 Å². The van der Waals surface area contributed by atoms with Gasteiger partial charge >= 0.3 is 6.18 Å². The Balaban J connectivity index is 1.33. The van der Waals surface area contributed by atoms with E-state index in [1.54, 1.807) is 12.1 Å². The van der Waals surface area contributed by atoms with Crippen LogP contribution in [0.2, 0.25) is 0 Å². The maximum absolute atomic E-state index is 12.8. The van der Waals surface area contributed by atoms with E-state index in [1.807, 2.05) is 11.8 Å². The number of carbonyl (C=O) groups excluding carboxylic acids is 1. The Morgan fingerprint density at radius 1 is 1.23 bits per heavy atom. The molecule has 2 aromatic rings. The van der Waals surface area contributed by atoms with Crippen LogP contribution in [0.1, 0.15) is 42.0 Å². The molecule has 0 unspecified atom stereocenters. The number of carbonyl (C=O) groups is 1. The molecule has 31 heavy (non-hydrogen) atoms. The molecule has 0 radical (unpaired) electrons. The summed E-state index contributed by atoms with van der Waals surface area (Å²) in [7, 11) is 0. The number of aryl methyl sites for hydroxylation is 1. The van der Waals surface area contributed by atoms with Gasteiger partial charge in [0.25, 0.3) is 0 Å². The molecule has 0 bridgehead atoms. The summed E-state index contributed by atoms with van der Waals surface area (Å²) in [6.45, 7) is 5.36. The third-order valence-electron chi connectivity index (χ3n) is 7.02. The number of H-pyrrole nitrogens is 1. The number of alkyl halides is 3. The predicted octanol–water partition coefficient (Wildman–Crippen LogP) is 3.14. The summed E-state index contributed by atoms with van der Waals surface area (Å²) in [5.41, 5.74) is -0.0246. The molecular formula is C22H26F3N5O. The van der Waals surface area contributed by atoms with E-state index < -0.39 is 11.7 Å². The molecule has 1 N–H and O–H groups in total. The van der Waals surface area contributed by atoms with Gasteiger partial charge in [0.1, 0.15) is 5.82 Å². The monoisotopic (exact) mass is 433 g/mol. The molecule has 1 aromatic heterocycles. The second kappa shape index (κ2) is 7.32. The average molecular weight is 433 g/mol. The van der Waals surface area contributed by atoms with Crippen molar-refractivity contribution in [3.63, 3.8) is 0 Å². The Kier molecular flexibility index (Phi) is 4.84. The van der Waals surface area contributed by atoms with Gasteiger partial charge in [-0.25, -0.2) is 4.98 Å². The Labute approximate surface area is 178 Å². The van der Waals surface area contributed by atoms with E-state index in [0.717, 1.165) is 61.7 Å². The number of amides is 1. The fourth-order valence-electron chi connectivity index (χ4n) is 5.14. The van der Waals surface area contributed by atoms with E-state index in [2.05, 4.69) is 20.1 Å². The molecule has 6 nitrogen and oxygen atoms in total. The quantitative estimate of drug-likeness (QED) is 0.805. The summed E-state index contributed by atoms with van der Waals surface area (Å²) < 4.78 is 38.5. The van der Waals surface area contributed by atoms with Crippen LogP contribution < -0.4 is 0 Å². The number of benzene rings is 1. The van der Waals surface area contributed by atoms with E-state index in [-0.39, 0.29) is 23.2 Å². The summed E-state index contributed by atoms with van der Waals surface area (Å²) >= 11 is 0. The summed E-state index contributed by atoms with van der Waals surface area (Å²) in [5, 5.41) is 7.42. The maximum Gasteiger partial charge on any atom is 0.416 e. The summed E-state index contributed by atoms with van der Waals surface area (Å²) in [6.07, 6.45) is -1.54. The van der Waals surface area contributed by atoms with E-state index >= 15 is 0 Å². The van der Waals surface area contributed by atoms with Gasteiger partial charge in [0, 0.05) is 38.0 Å². The standard InChI is InChI=1S/C22H26F3N5O/c1-14-26-20(28-27-14)21-8-9-29(10-15-2-6-17(7-3-15)22(23,24)25)11-18(21)12-30(13-21)19(31)16-4-5-16/h2-3,6-7,16,18H,4-5,8-13H2,1H3,(H,26,27,28)/t18-,21-/m1/s1. The highest BCUT2D eigenvalue weighted by molar-refractivity contribution is 5.81. The molecule has 2 atom stereocenters. The van der Waals surface area contributed by atoms with Crippen LogP contribution in [-0.2, 0) is 22.9 Å². The van der Waals surface area contributed by atoms with Crippen LogP contribution in [0, 0.1) is 18.8 Å². The number of halogens is 3. The van der Waals surface area contributed by atoms with Crippen molar-refractivity contribution < 1.29 is 18.0 Å². The predicted molar refractivity (Wildman–Crippen MR) is 107 cm³/mol. The largest absolute Gasteiger partial charge is 0.416 e. The number of aromatic nitrogens is 3. The molecule has 1 aromatic carbocycles. The molecule has 9 heteroatoms. The highest BCUT2D eigenvalue weighted by Gasteiger charge is 2.55. The maximum atomic E-state index is 12.8. The molecule has 3 fully saturated rings. The van der Waals surface area contributed by atoms with Crippen molar-refractivity contribution in [1.82, 2.24) is 25.0 Å². The van der Waals surface area contributed by atoms with Gasteiger partial charge in [0.15, 0.2) is 5.82 Å². The smallest absolute Gasteiger partial charge is 0.341 e. The van der Waals surface area contributed by atoms with E-state index in [9.17, 15) is 18.0 Å². The van der Waals surface area contributed by atoms with Crippen LogP contribution in [0.25, 0.3) is 0 Å². The third-order valence-corrected chi connectivity index (χ3v) is 7.02. The zero-order valence-corrected chi connectivity index (χ0v) is 17.5. The molecular weight excluding hydrogens is 407 g/mol. The molecule has 0 spiro atoms. The zero-order valence-electron chi connectivity index (χ0n) is 17.5. The minimum atomic E-state index is -4.32. The third kappa shape index (κ3) is 3.84.